The fourth-order valence-corrected chi connectivity index (χ4v) is 2.09. The lowest BCUT2D eigenvalue weighted by Crippen LogP contribution is -2.04. The van der Waals surface area contributed by atoms with E-state index in [4.69, 9.17) is 16.3 Å². The van der Waals surface area contributed by atoms with Gasteiger partial charge in [0.05, 0.1) is 23.5 Å². The van der Waals surface area contributed by atoms with Gasteiger partial charge in [-0.1, -0.05) is 6.07 Å². The Morgan fingerprint density at radius 1 is 1.23 bits per heavy atom. The lowest BCUT2D eigenvalue weighted by molar-refractivity contribution is 0.928. The summed E-state index contributed by atoms with van der Waals surface area (Å²) in [6.07, 6.45) is 1.42. The smallest absolute Gasteiger partial charge is 0.178 e. The predicted octanol–water partition coefficient (Wildman–Crippen LogP) is 2.11. The number of hydrogen-bond acceptors (Lipinski definition) is 6. The van der Waals surface area contributed by atoms with E-state index in [-0.39, 0.29) is 0 Å². The van der Waals surface area contributed by atoms with Crippen molar-refractivity contribution in [2.24, 2.45) is 0 Å². The van der Waals surface area contributed by atoms with Crippen LogP contribution in [0.25, 0.3) is 5.65 Å². The van der Waals surface area contributed by atoms with Gasteiger partial charge in [-0.3, -0.25) is 0 Å². The van der Waals surface area contributed by atoms with Gasteiger partial charge in [0.1, 0.15) is 6.07 Å². The fourth-order valence-electron chi connectivity index (χ4n) is 2.09. The van der Waals surface area contributed by atoms with Crippen LogP contribution in [0, 0.1) is 29.6 Å². The summed E-state index contributed by atoms with van der Waals surface area (Å²) in [4.78, 5) is 4.06. The molecule has 3 N–H and O–H groups in total. The molecular weight excluding hydrogens is 278 g/mol. The molecule has 3 rings (SSSR count). The van der Waals surface area contributed by atoms with Crippen molar-refractivity contribution < 1.29 is 0 Å². The van der Waals surface area contributed by atoms with Gasteiger partial charge >= 0.3 is 0 Å². The summed E-state index contributed by atoms with van der Waals surface area (Å²) in [7, 11) is 0. The van der Waals surface area contributed by atoms with Gasteiger partial charge in [-0.25, -0.2) is 4.98 Å². The average molecular weight is 289 g/mol. The highest BCUT2D eigenvalue weighted by Gasteiger charge is 2.10. The zero-order valence-corrected chi connectivity index (χ0v) is 11.7. The molecule has 2 heterocycles. The number of anilines is 3. The van der Waals surface area contributed by atoms with E-state index in [0.29, 0.717) is 28.4 Å². The van der Waals surface area contributed by atoms with Gasteiger partial charge in [0.15, 0.2) is 17.2 Å². The SMILES string of the molecule is Cc1ccc(C#N)cc1Nc1cc(N)c2ncc(C#N)n2n1. The summed E-state index contributed by atoms with van der Waals surface area (Å²) in [5.74, 6) is 0.470. The van der Waals surface area contributed by atoms with Crippen LogP contribution in [-0.4, -0.2) is 14.6 Å². The summed E-state index contributed by atoms with van der Waals surface area (Å²) < 4.78 is 1.39. The second-order valence-corrected chi connectivity index (χ2v) is 4.74. The third-order valence-corrected chi connectivity index (χ3v) is 3.24. The Kier molecular flexibility index (Phi) is 3.09. The molecule has 22 heavy (non-hydrogen) atoms. The van der Waals surface area contributed by atoms with Gasteiger partial charge in [0.2, 0.25) is 0 Å². The third-order valence-electron chi connectivity index (χ3n) is 3.24. The molecule has 0 bridgehead atoms. The van der Waals surface area contributed by atoms with Crippen molar-refractivity contribution in [1.29, 1.82) is 10.5 Å². The highest BCUT2D eigenvalue weighted by molar-refractivity contribution is 5.71. The van der Waals surface area contributed by atoms with Gasteiger partial charge in [0, 0.05) is 11.8 Å². The first-order valence-corrected chi connectivity index (χ1v) is 6.44. The molecule has 0 aliphatic carbocycles. The summed E-state index contributed by atoms with van der Waals surface area (Å²) in [5, 5.41) is 25.5. The maximum atomic E-state index is 9.06. The van der Waals surface area contributed by atoms with E-state index in [1.165, 1.54) is 10.7 Å². The molecule has 0 aliphatic rings. The quantitative estimate of drug-likeness (QED) is 0.746. The molecule has 7 nitrogen and oxygen atoms in total. The molecule has 2 aromatic heterocycles. The minimum absolute atomic E-state index is 0.299. The fraction of sp³-hybridized carbons (Fsp3) is 0.0667. The van der Waals surface area contributed by atoms with E-state index in [0.717, 1.165) is 11.3 Å². The zero-order valence-electron chi connectivity index (χ0n) is 11.7. The van der Waals surface area contributed by atoms with Gasteiger partial charge < -0.3 is 11.1 Å². The van der Waals surface area contributed by atoms with Crippen LogP contribution in [-0.2, 0) is 0 Å². The van der Waals surface area contributed by atoms with Crippen LogP contribution in [0.1, 0.15) is 16.8 Å². The number of aromatic nitrogens is 3. The van der Waals surface area contributed by atoms with E-state index in [1.807, 2.05) is 19.1 Å². The highest BCUT2D eigenvalue weighted by atomic mass is 15.3. The molecule has 1 aromatic carbocycles. The van der Waals surface area contributed by atoms with Crippen molar-refractivity contribution in [3.8, 4) is 12.1 Å². The second kappa shape index (κ2) is 5.08. The van der Waals surface area contributed by atoms with Crippen LogP contribution in [0.3, 0.4) is 0 Å². The topological polar surface area (TPSA) is 116 Å². The highest BCUT2D eigenvalue weighted by Crippen LogP contribution is 2.23. The Labute approximate surface area is 126 Å². The van der Waals surface area contributed by atoms with Crippen LogP contribution >= 0.6 is 0 Å². The van der Waals surface area contributed by atoms with E-state index in [2.05, 4.69) is 21.5 Å². The molecule has 106 valence electrons. The molecule has 0 fully saturated rings. The summed E-state index contributed by atoms with van der Waals surface area (Å²) in [6, 6.07) is 11.1. The molecule has 0 amide bonds. The Bertz CT molecular complexity index is 956. The second-order valence-electron chi connectivity index (χ2n) is 4.74. The van der Waals surface area contributed by atoms with E-state index in [1.54, 1.807) is 18.2 Å². The summed E-state index contributed by atoms with van der Waals surface area (Å²) >= 11 is 0. The standard InChI is InChI=1S/C15H11N7/c1-9-2-3-10(6-16)4-13(9)20-14-5-12(18)15-19-8-11(7-17)22(15)21-14/h2-5,8H,18H2,1H3,(H,20,21). The monoisotopic (exact) mass is 289 g/mol. The zero-order chi connectivity index (χ0) is 15.7. The minimum Gasteiger partial charge on any atom is -0.396 e. The maximum Gasteiger partial charge on any atom is 0.178 e. The first-order chi connectivity index (χ1) is 10.6. The van der Waals surface area contributed by atoms with Crippen LogP contribution in [0.2, 0.25) is 0 Å². The van der Waals surface area contributed by atoms with Crippen LogP contribution < -0.4 is 11.1 Å². The molecule has 0 spiro atoms. The number of imidazole rings is 1. The van der Waals surface area contributed by atoms with Crippen molar-refractivity contribution >= 4 is 22.8 Å². The molecule has 3 aromatic rings. The number of nitriles is 2. The Morgan fingerprint density at radius 2 is 2.05 bits per heavy atom. The number of nitrogens with two attached hydrogens (primary N) is 1. The van der Waals surface area contributed by atoms with Crippen LogP contribution in [0.15, 0.2) is 30.5 Å². The van der Waals surface area contributed by atoms with E-state index < -0.39 is 0 Å². The molecule has 7 heteroatoms. The number of nitrogens with one attached hydrogen (secondary N) is 1. The number of hydrogen-bond donors (Lipinski definition) is 2. The third kappa shape index (κ3) is 2.17. The predicted molar refractivity (Wildman–Crippen MR) is 81.3 cm³/mol. The molecule has 0 aliphatic heterocycles. The molecule has 0 radical (unpaired) electrons. The number of rotatable bonds is 2. The first kappa shape index (κ1) is 13.4. The number of fused-ring (bicyclic) bond motifs is 1. The van der Waals surface area contributed by atoms with Gasteiger partial charge in [0.25, 0.3) is 0 Å². The first-order valence-electron chi connectivity index (χ1n) is 6.44. The normalized spacial score (nSPS) is 10.1. The minimum atomic E-state index is 0.299. The lowest BCUT2D eigenvalue weighted by Gasteiger charge is -2.10. The summed E-state index contributed by atoms with van der Waals surface area (Å²) in [5.41, 5.74) is 9.35. The Balaban J connectivity index is 2.08. The summed E-state index contributed by atoms with van der Waals surface area (Å²) in [6.45, 7) is 1.92. The van der Waals surface area contributed by atoms with Crippen molar-refractivity contribution in [2.75, 3.05) is 11.1 Å². The molecular formula is C15H11N7. The molecule has 0 saturated heterocycles. The van der Waals surface area contributed by atoms with E-state index in [9.17, 15) is 0 Å². The molecule has 0 unspecified atom stereocenters. The number of nitrogen functional groups attached to an aromatic ring is 1. The van der Waals surface area contributed by atoms with Gasteiger partial charge in [-0.05, 0) is 24.6 Å². The van der Waals surface area contributed by atoms with E-state index >= 15 is 0 Å². The van der Waals surface area contributed by atoms with Gasteiger partial charge in [-0.15, -0.1) is 5.10 Å². The number of nitrogens with zero attached hydrogens (tertiary/aromatic N) is 5. The number of aryl methyl sites for hydroxylation is 1. The van der Waals surface area contributed by atoms with Crippen LogP contribution in [0.5, 0.6) is 0 Å². The van der Waals surface area contributed by atoms with Crippen molar-refractivity contribution in [2.45, 2.75) is 6.92 Å². The number of benzene rings is 1. The largest absolute Gasteiger partial charge is 0.396 e. The van der Waals surface area contributed by atoms with Crippen molar-refractivity contribution in [1.82, 2.24) is 14.6 Å². The molecule has 0 saturated carbocycles. The van der Waals surface area contributed by atoms with Gasteiger partial charge in [-0.2, -0.15) is 15.0 Å². The maximum absolute atomic E-state index is 9.06. The average Bonchev–Trinajstić information content (AvgIpc) is 2.93. The van der Waals surface area contributed by atoms with Crippen LogP contribution in [0.4, 0.5) is 17.2 Å². The lowest BCUT2D eigenvalue weighted by atomic mass is 10.1. The van der Waals surface area contributed by atoms with Crippen molar-refractivity contribution in [3.63, 3.8) is 0 Å². The Hall–Kier alpha value is -3.58. The van der Waals surface area contributed by atoms with Crippen molar-refractivity contribution in [3.05, 3.63) is 47.3 Å². The Morgan fingerprint density at radius 3 is 2.77 bits per heavy atom. The molecule has 0 atom stereocenters.